The van der Waals surface area contributed by atoms with Crippen LogP contribution in [0.25, 0.3) is 20.9 Å². The summed E-state index contributed by atoms with van der Waals surface area (Å²) in [5, 5.41) is 31.1. The Labute approximate surface area is 272 Å². The summed E-state index contributed by atoms with van der Waals surface area (Å²) in [4.78, 5) is 25.6. The van der Waals surface area contributed by atoms with Crippen molar-refractivity contribution >= 4 is 17.5 Å². The molecule has 0 bridgehead atoms. The topological polar surface area (TPSA) is 198 Å². The van der Waals surface area contributed by atoms with Crippen molar-refractivity contribution in [1.29, 1.82) is 0 Å². The van der Waals surface area contributed by atoms with Crippen LogP contribution in [0.1, 0.15) is 66.9 Å². The molecule has 1 aliphatic heterocycles. The van der Waals surface area contributed by atoms with E-state index in [1.54, 1.807) is 48.5 Å². The molecule has 3 aromatic carbocycles. The number of aliphatic imine (C=N–C) groups is 1. The second kappa shape index (κ2) is 15.5. The first kappa shape index (κ1) is 33.3. The Bertz CT molecular complexity index is 1680. The summed E-state index contributed by atoms with van der Waals surface area (Å²) in [7, 11) is 0. The number of nitrogens with zero attached hydrogens (tertiary/aromatic N) is 7. The number of benzene rings is 3. The molecule has 47 heavy (non-hydrogen) atoms. The van der Waals surface area contributed by atoms with Gasteiger partial charge in [-0.05, 0) is 64.9 Å². The number of azide groups is 2. The van der Waals surface area contributed by atoms with Crippen molar-refractivity contribution in [3.8, 4) is 5.75 Å². The van der Waals surface area contributed by atoms with Gasteiger partial charge in [0.15, 0.2) is 11.6 Å². The third-order valence-corrected chi connectivity index (χ3v) is 8.64. The molecule has 2 atom stereocenters. The molecule has 0 saturated heterocycles. The summed E-state index contributed by atoms with van der Waals surface area (Å²) in [6.07, 6.45) is 3.45. The van der Waals surface area contributed by atoms with Gasteiger partial charge in [-0.1, -0.05) is 78.0 Å². The van der Waals surface area contributed by atoms with Gasteiger partial charge in [0.1, 0.15) is 5.75 Å². The summed E-state index contributed by atoms with van der Waals surface area (Å²) in [5.41, 5.74) is 18.5. The Morgan fingerprint density at radius 2 is 1.72 bits per heavy atom. The molecule has 1 fully saturated rings. The third-order valence-electron chi connectivity index (χ3n) is 8.64. The largest absolute Gasteiger partial charge is 0.494 e. The number of nitrogens with one attached hydrogen (secondary N) is 1. The van der Waals surface area contributed by atoms with Crippen LogP contribution in [0.4, 0.5) is 5.69 Å². The molecule has 244 valence electrons. The predicted octanol–water partition coefficient (Wildman–Crippen LogP) is 6.51. The van der Waals surface area contributed by atoms with Gasteiger partial charge in [0.25, 0.3) is 5.91 Å². The minimum atomic E-state index is -1.62. The van der Waals surface area contributed by atoms with Crippen LogP contribution in [0.5, 0.6) is 5.75 Å². The van der Waals surface area contributed by atoms with Crippen LogP contribution < -0.4 is 10.1 Å². The van der Waals surface area contributed by atoms with Gasteiger partial charge in [-0.25, -0.2) is 4.99 Å². The summed E-state index contributed by atoms with van der Waals surface area (Å²) < 4.78 is 12.3. The molecule has 1 heterocycles. The summed E-state index contributed by atoms with van der Waals surface area (Å²) in [6.45, 7) is 0.449. The zero-order valence-electron chi connectivity index (χ0n) is 26.0. The molecule has 1 amide bonds. The Kier molecular flexibility index (Phi) is 11.0. The van der Waals surface area contributed by atoms with Crippen LogP contribution in [0, 0.1) is 0 Å². The maximum atomic E-state index is 14.7. The van der Waals surface area contributed by atoms with E-state index in [9.17, 15) is 15.4 Å². The molecule has 1 saturated carbocycles. The molecule has 3 aromatic rings. The normalized spacial score (nSPS) is 19.8. The lowest BCUT2D eigenvalue weighted by Crippen LogP contribution is -2.54. The van der Waals surface area contributed by atoms with Gasteiger partial charge >= 0.3 is 0 Å². The van der Waals surface area contributed by atoms with E-state index in [1.165, 1.54) is 0 Å². The van der Waals surface area contributed by atoms with Crippen molar-refractivity contribution in [3.63, 3.8) is 0 Å². The van der Waals surface area contributed by atoms with Crippen LogP contribution in [-0.4, -0.2) is 52.9 Å². The van der Waals surface area contributed by atoms with Crippen molar-refractivity contribution in [1.82, 2.24) is 5.32 Å². The number of aliphatic hydroxyl groups excluding tert-OH is 1. The van der Waals surface area contributed by atoms with Gasteiger partial charge in [-0.15, -0.1) is 0 Å². The molecule has 5 rings (SSSR count). The number of rotatable bonds is 14. The third kappa shape index (κ3) is 7.85. The average Bonchev–Trinajstić information content (AvgIpc) is 3.48. The Balaban J connectivity index is 1.63. The van der Waals surface area contributed by atoms with E-state index >= 15 is 0 Å². The van der Waals surface area contributed by atoms with Crippen molar-refractivity contribution in [2.24, 2.45) is 15.2 Å². The molecule has 2 aliphatic rings. The van der Waals surface area contributed by atoms with E-state index in [-0.39, 0.29) is 32.0 Å². The van der Waals surface area contributed by atoms with Crippen LogP contribution in [0.2, 0.25) is 0 Å². The lowest BCUT2D eigenvalue weighted by Gasteiger charge is -2.35. The van der Waals surface area contributed by atoms with E-state index in [0.717, 1.165) is 19.3 Å². The maximum absolute atomic E-state index is 14.7. The highest BCUT2D eigenvalue weighted by Crippen LogP contribution is 2.45. The number of carbonyl (C=O) groups is 1. The minimum absolute atomic E-state index is 0.00116. The Morgan fingerprint density at radius 1 is 1.00 bits per heavy atom. The number of hydrogen-bond donors (Lipinski definition) is 3. The van der Waals surface area contributed by atoms with E-state index in [0.29, 0.717) is 59.6 Å². The molecule has 0 spiro atoms. The molecule has 0 radical (unpaired) electrons. The maximum Gasteiger partial charge on any atom is 0.252 e. The first-order chi connectivity index (χ1) is 22.9. The average molecular weight is 639 g/mol. The van der Waals surface area contributed by atoms with Crippen LogP contribution >= 0.6 is 0 Å². The fourth-order valence-electron chi connectivity index (χ4n) is 6.18. The number of amides is 1. The standard InChI is InChI=1S/C34H38N8O5/c35-41-38-22-26-10-2-4-11-28(26)30-34(21-25-9-3-5-12-29(25)40-42-36,32(44)37-23-33(45)17-6-1-7-18-33)39-31(47-30)24-13-15-27(16-14-24)46-20-8-19-43/h2-5,9-16,30,43,45H,1,6-8,17-23H2,(H,37,44)/t30-,34-/m1/s1. The van der Waals surface area contributed by atoms with Gasteiger partial charge in [-0.2, -0.15) is 0 Å². The van der Waals surface area contributed by atoms with E-state index in [1.807, 2.05) is 24.3 Å². The first-order valence-electron chi connectivity index (χ1n) is 15.7. The molecule has 0 unspecified atom stereocenters. The van der Waals surface area contributed by atoms with Gasteiger partial charge in [0.05, 0.1) is 18.8 Å². The molecule has 0 aromatic heterocycles. The highest BCUT2D eigenvalue weighted by atomic mass is 16.5. The highest BCUT2D eigenvalue weighted by molar-refractivity contribution is 6.01. The Morgan fingerprint density at radius 3 is 2.45 bits per heavy atom. The minimum Gasteiger partial charge on any atom is -0.494 e. The monoisotopic (exact) mass is 638 g/mol. The van der Waals surface area contributed by atoms with E-state index < -0.39 is 23.2 Å². The molecule has 13 nitrogen and oxygen atoms in total. The predicted molar refractivity (Wildman–Crippen MR) is 176 cm³/mol. The molecular weight excluding hydrogens is 600 g/mol. The fraction of sp³-hybridized carbons (Fsp3) is 0.412. The number of aliphatic hydroxyl groups is 2. The second-order valence-electron chi connectivity index (χ2n) is 11.8. The zero-order valence-corrected chi connectivity index (χ0v) is 26.0. The highest BCUT2D eigenvalue weighted by Gasteiger charge is 2.54. The molecular formula is C34H38N8O5. The first-order valence-corrected chi connectivity index (χ1v) is 15.7. The lowest BCUT2D eigenvalue weighted by atomic mass is 9.79. The van der Waals surface area contributed by atoms with Crippen LogP contribution in [-0.2, 0) is 22.5 Å². The second-order valence-corrected chi connectivity index (χ2v) is 11.8. The molecule has 1 aliphatic carbocycles. The molecule has 3 N–H and O–H groups in total. The van der Waals surface area contributed by atoms with Gasteiger partial charge in [0, 0.05) is 47.1 Å². The fourth-order valence-corrected chi connectivity index (χ4v) is 6.18. The van der Waals surface area contributed by atoms with E-state index in [2.05, 4.69) is 25.4 Å². The Hall–Kier alpha value is -5.06. The number of hydrogen-bond acceptors (Lipinski definition) is 8. The zero-order chi connectivity index (χ0) is 33.1. The number of ether oxygens (including phenoxy) is 2. The van der Waals surface area contributed by atoms with Crippen molar-refractivity contribution in [2.75, 3.05) is 19.8 Å². The number of carbonyl (C=O) groups excluding carboxylic acids is 1. The van der Waals surface area contributed by atoms with Gasteiger partial charge in [0.2, 0.25) is 5.90 Å². The van der Waals surface area contributed by atoms with E-state index in [4.69, 9.17) is 25.1 Å². The summed E-state index contributed by atoms with van der Waals surface area (Å²) >= 11 is 0. The summed E-state index contributed by atoms with van der Waals surface area (Å²) in [6, 6.07) is 21.3. The summed E-state index contributed by atoms with van der Waals surface area (Å²) in [5.74, 6) is 0.350. The smallest absolute Gasteiger partial charge is 0.252 e. The van der Waals surface area contributed by atoms with Crippen LogP contribution in [0.3, 0.4) is 0 Å². The van der Waals surface area contributed by atoms with Crippen molar-refractivity contribution in [2.45, 2.75) is 68.7 Å². The quantitative estimate of drug-likeness (QED) is 0.0781. The van der Waals surface area contributed by atoms with Crippen LogP contribution in [0.15, 0.2) is 88.0 Å². The van der Waals surface area contributed by atoms with Crippen molar-refractivity contribution < 1.29 is 24.5 Å². The lowest BCUT2D eigenvalue weighted by molar-refractivity contribution is -0.130. The van der Waals surface area contributed by atoms with Gasteiger partial charge < -0.3 is 25.0 Å². The van der Waals surface area contributed by atoms with Gasteiger partial charge in [-0.3, -0.25) is 4.79 Å². The SMILES string of the molecule is [N-]=[N+]=NCc1ccccc1[C@H]1OC(c2ccc(OCCCO)cc2)=N[C@@]1(Cc1ccccc1N=[N+]=[N-])C(=O)NCC1(O)CCCCC1. The molecule has 13 heteroatoms. The van der Waals surface area contributed by atoms with Crippen molar-refractivity contribution in [3.05, 3.63) is 116 Å².